The fraction of sp³-hybridized carbons (Fsp3) is 0.450. The molecule has 2 amide bonds. The van der Waals surface area contributed by atoms with E-state index in [1.165, 1.54) is 18.3 Å². The van der Waals surface area contributed by atoms with Gasteiger partial charge in [-0.1, -0.05) is 0 Å². The summed E-state index contributed by atoms with van der Waals surface area (Å²) >= 11 is 1.06. The van der Waals surface area contributed by atoms with E-state index in [1.807, 2.05) is 0 Å². The zero-order chi connectivity index (χ0) is 21.6. The Bertz CT molecular complexity index is 1070. The molecule has 1 aromatic carbocycles. The zero-order valence-electron chi connectivity index (χ0n) is 15.9. The second-order valence-corrected chi connectivity index (χ2v) is 9.25. The molecule has 158 valence electrons. The Morgan fingerprint density at radius 1 is 1.23 bits per heavy atom. The summed E-state index contributed by atoms with van der Waals surface area (Å²) in [7, 11) is 0. The van der Waals surface area contributed by atoms with Crippen molar-refractivity contribution in [3.63, 3.8) is 0 Å². The quantitative estimate of drug-likeness (QED) is 0.729. The minimum Gasteiger partial charge on any atom is -0.390 e. The number of alkyl halides is 3. The molecular formula is C20H17F3N2O4S. The van der Waals surface area contributed by atoms with Crippen LogP contribution in [0.2, 0.25) is 0 Å². The summed E-state index contributed by atoms with van der Waals surface area (Å²) in [5, 5.41) is 12.1. The highest BCUT2D eigenvalue weighted by Gasteiger charge is 2.75. The van der Waals surface area contributed by atoms with Gasteiger partial charge in [0.25, 0.3) is 0 Å². The molecule has 3 aliphatic rings. The molecule has 3 fully saturated rings. The van der Waals surface area contributed by atoms with Crippen LogP contribution in [0.1, 0.15) is 25.8 Å². The van der Waals surface area contributed by atoms with Crippen LogP contribution in [0.25, 0.3) is 10.6 Å². The van der Waals surface area contributed by atoms with Crippen LogP contribution < -0.4 is 4.90 Å². The number of amides is 2. The smallest absolute Gasteiger partial charge is 0.390 e. The molecule has 3 aliphatic heterocycles. The molecule has 3 saturated heterocycles. The Morgan fingerprint density at radius 2 is 1.93 bits per heavy atom. The van der Waals surface area contributed by atoms with E-state index in [2.05, 4.69) is 4.98 Å². The summed E-state index contributed by atoms with van der Waals surface area (Å²) in [6, 6.07) is 3.37. The normalized spacial score (nSPS) is 35.4. The predicted molar refractivity (Wildman–Crippen MR) is 101 cm³/mol. The van der Waals surface area contributed by atoms with Crippen LogP contribution in [0.3, 0.4) is 0 Å². The van der Waals surface area contributed by atoms with Gasteiger partial charge in [0.2, 0.25) is 11.8 Å². The Hall–Kier alpha value is -2.30. The number of benzene rings is 1. The molecule has 0 aliphatic carbocycles. The van der Waals surface area contributed by atoms with Crippen LogP contribution in [-0.2, 0) is 20.5 Å². The third kappa shape index (κ3) is 2.41. The molecule has 2 bridgehead atoms. The molecule has 30 heavy (non-hydrogen) atoms. The fourth-order valence-electron chi connectivity index (χ4n) is 5.22. The van der Waals surface area contributed by atoms with Crippen molar-refractivity contribution in [3.8, 4) is 10.6 Å². The van der Waals surface area contributed by atoms with Crippen LogP contribution in [0.5, 0.6) is 0 Å². The first kappa shape index (κ1) is 19.7. The lowest BCUT2D eigenvalue weighted by Crippen LogP contribution is -2.49. The molecule has 10 heteroatoms. The fourth-order valence-corrected chi connectivity index (χ4v) is 5.90. The van der Waals surface area contributed by atoms with E-state index >= 15 is 0 Å². The number of carbonyl (C=O) groups is 2. The highest BCUT2D eigenvalue weighted by Crippen LogP contribution is 2.61. The van der Waals surface area contributed by atoms with Crippen molar-refractivity contribution in [1.82, 2.24) is 4.98 Å². The lowest BCUT2D eigenvalue weighted by Gasteiger charge is -2.31. The van der Waals surface area contributed by atoms with Crippen LogP contribution in [0, 0.1) is 11.8 Å². The lowest BCUT2D eigenvalue weighted by molar-refractivity contribution is -0.137. The van der Waals surface area contributed by atoms with Gasteiger partial charge in [-0.2, -0.15) is 13.2 Å². The monoisotopic (exact) mass is 438 g/mol. The number of hydrogen-bond acceptors (Lipinski definition) is 6. The molecule has 4 unspecified atom stereocenters. The lowest BCUT2D eigenvalue weighted by atomic mass is 9.67. The zero-order valence-corrected chi connectivity index (χ0v) is 16.8. The SMILES string of the molecule is CC12CC(O)C(C)(O1)[C@@H]1C(=O)N(c3ccc(-c4nccs4)c(C(F)(F)F)c3)C(=O)C12. The minimum atomic E-state index is -4.70. The van der Waals surface area contributed by atoms with Gasteiger partial charge in [-0.25, -0.2) is 9.88 Å². The van der Waals surface area contributed by atoms with E-state index in [-0.39, 0.29) is 22.7 Å². The number of carbonyl (C=O) groups excluding carboxylic acids is 2. The minimum absolute atomic E-state index is 0.113. The van der Waals surface area contributed by atoms with Crippen molar-refractivity contribution in [2.24, 2.45) is 11.8 Å². The molecule has 6 nitrogen and oxygen atoms in total. The van der Waals surface area contributed by atoms with Gasteiger partial charge in [-0.15, -0.1) is 11.3 Å². The molecule has 0 spiro atoms. The highest BCUT2D eigenvalue weighted by atomic mass is 32.1. The van der Waals surface area contributed by atoms with E-state index in [4.69, 9.17) is 4.74 Å². The van der Waals surface area contributed by atoms with Gasteiger partial charge in [0.15, 0.2) is 0 Å². The molecule has 5 atom stereocenters. The third-order valence-electron chi connectivity index (χ3n) is 6.52. The molecule has 0 radical (unpaired) electrons. The Labute approximate surface area is 173 Å². The molecule has 5 rings (SSSR count). The average Bonchev–Trinajstić information content (AvgIpc) is 3.36. The maximum atomic E-state index is 13.8. The molecule has 1 N–H and O–H groups in total. The number of imide groups is 1. The van der Waals surface area contributed by atoms with Crippen molar-refractivity contribution in [2.45, 2.75) is 43.8 Å². The van der Waals surface area contributed by atoms with Gasteiger partial charge in [0, 0.05) is 23.6 Å². The van der Waals surface area contributed by atoms with E-state index in [0.717, 1.165) is 22.3 Å². The van der Waals surface area contributed by atoms with E-state index in [1.54, 1.807) is 19.2 Å². The summed E-state index contributed by atoms with van der Waals surface area (Å²) < 4.78 is 47.2. The van der Waals surface area contributed by atoms with Gasteiger partial charge in [-0.05, 0) is 32.0 Å². The maximum Gasteiger partial charge on any atom is 0.417 e. The molecular weight excluding hydrogens is 421 g/mol. The molecule has 0 saturated carbocycles. The van der Waals surface area contributed by atoms with E-state index in [0.29, 0.717) is 0 Å². The van der Waals surface area contributed by atoms with Crippen molar-refractivity contribution in [3.05, 3.63) is 35.3 Å². The first-order chi connectivity index (χ1) is 14.0. The van der Waals surface area contributed by atoms with Crippen molar-refractivity contribution in [1.29, 1.82) is 0 Å². The average molecular weight is 438 g/mol. The van der Waals surface area contributed by atoms with Crippen LogP contribution in [0.15, 0.2) is 29.8 Å². The van der Waals surface area contributed by atoms with Gasteiger partial charge >= 0.3 is 6.18 Å². The number of fused-ring (bicyclic) bond motifs is 5. The second kappa shape index (κ2) is 5.89. The topological polar surface area (TPSA) is 79.7 Å². The molecule has 1 aromatic heterocycles. The Morgan fingerprint density at radius 3 is 2.57 bits per heavy atom. The molecule has 2 aromatic rings. The number of hydrogen-bond donors (Lipinski definition) is 1. The number of ether oxygens (including phenoxy) is 1. The van der Waals surface area contributed by atoms with Crippen molar-refractivity contribution >= 4 is 28.8 Å². The first-order valence-electron chi connectivity index (χ1n) is 9.34. The second-order valence-electron chi connectivity index (χ2n) is 8.35. The van der Waals surface area contributed by atoms with Gasteiger partial charge in [-0.3, -0.25) is 9.59 Å². The third-order valence-corrected chi connectivity index (χ3v) is 7.33. The Balaban J connectivity index is 1.61. The van der Waals surface area contributed by atoms with Gasteiger partial charge in [0.1, 0.15) is 10.6 Å². The number of aliphatic hydroxyl groups is 1. The number of aromatic nitrogens is 1. The highest BCUT2D eigenvalue weighted by molar-refractivity contribution is 7.13. The van der Waals surface area contributed by atoms with E-state index < -0.39 is 52.7 Å². The number of thiazole rings is 1. The summed E-state index contributed by atoms with van der Waals surface area (Å²) in [5.74, 6) is -3.03. The van der Waals surface area contributed by atoms with E-state index in [9.17, 15) is 27.9 Å². The van der Waals surface area contributed by atoms with Gasteiger partial charge < -0.3 is 9.84 Å². The van der Waals surface area contributed by atoms with Crippen LogP contribution >= 0.6 is 11.3 Å². The summed E-state index contributed by atoms with van der Waals surface area (Å²) in [6.45, 7) is 3.24. The predicted octanol–water partition coefficient (Wildman–Crippen LogP) is 3.25. The number of halogens is 3. The van der Waals surface area contributed by atoms with Crippen molar-refractivity contribution < 1.29 is 32.6 Å². The first-order valence-corrected chi connectivity index (χ1v) is 10.2. The largest absolute Gasteiger partial charge is 0.417 e. The summed E-state index contributed by atoms with van der Waals surface area (Å²) in [5.41, 5.74) is -3.50. The summed E-state index contributed by atoms with van der Waals surface area (Å²) in [4.78, 5) is 31.1. The maximum absolute atomic E-state index is 13.8. The number of aliphatic hydroxyl groups excluding tert-OH is 1. The van der Waals surface area contributed by atoms with Gasteiger partial charge in [0.05, 0.1) is 34.8 Å². The Kier molecular flexibility index (Phi) is 3.86. The molecule has 4 heterocycles. The number of nitrogens with zero attached hydrogens (tertiary/aromatic N) is 2. The number of rotatable bonds is 2. The standard InChI is InChI=1S/C20H17F3N2O4S/c1-18-8-12(26)19(2,29-18)14-13(18)16(27)25(17(14)28)9-3-4-10(15-24-5-6-30-15)11(7-9)20(21,22)23/h3-7,12-14,26H,8H2,1-2H3/t12?,13?,14-,18?,19?/m0/s1. The van der Waals surface area contributed by atoms with Crippen molar-refractivity contribution in [2.75, 3.05) is 4.90 Å². The van der Waals surface area contributed by atoms with Crippen LogP contribution in [-0.4, -0.2) is 39.2 Å². The number of anilines is 1. The summed E-state index contributed by atoms with van der Waals surface area (Å²) in [6.07, 6.45) is -4.03. The van der Waals surface area contributed by atoms with Crippen LogP contribution in [0.4, 0.5) is 18.9 Å².